The molecule has 0 saturated carbocycles. The largest absolute Gasteiger partial charge is 0.306 e. The molecule has 9 nitrogen and oxygen atoms in total. The molecular formula is C19H15ClN4O5S. The molecule has 1 aliphatic rings. The summed E-state index contributed by atoms with van der Waals surface area (Å²) in [6, 6.07) is 11.0. The molecule has 0 atom stereocenters. The fourth-order valence-corrected chi connectivity index (χ4v) is 5.00. The second kappa shape index (κ2) is 7.22. The maximum Gasteiger partial charge on any atom is 0.288 e. The summed E-state index contributed by atoms with van der Waals surface area (Å²) in [5, 5.41) is 18.1. The second-order valence-corrected chi connectivity index (χ2v) is 9.35. The van der Waals surface area contributed by atoms with Crippen molar-refractivity contribution in [3.63, 3.8) is 0 Å². The third-order valence-electron chi connectivity index (χ3n) is 4.77. The molecule has 30 heavy (non-hydrogen) atoms. The summed E-state index contributed by atoms with van der Waals surface area (Å²) in [6.07, 6.45) is 0. The highest BCUT2D eigenvalue weighted by atomic mass is 35.5. The number of nitrogens with zero attached hydrogens (tertiary/aromatic N) is 3. The van der Waals surface area contributed by atoms with Gasteiger partial charge >= 0.3 is 0 Å². The topological polar surface area (TPSA) is 124 Å². The van der Waals surface area contributed by atoms with Crippen LogP contribution in [0.5, 0.6) is 0 Å². The van der Waals surface area contributed by atoms with E-state index in [0.717, 1.165) is 11.6 Å². The molecule has 1 amide bonds. The molecule has 11 heteroatoms. The Kier molecular flexibility index (Phi) is 4.83. The first-order valence-electron chi connectivity index (χ1n) is 8.79. The van der Waals surface area contributed by atoms with E-state index in [-0.39, 0.29) is 27.9 Å². The summed E-state index contributed by atoms with van der Waals surface area (Å²) >= 11 is 5.82. The number of amides is 1. The number of nitro benzene ring substituents is 1. The number of fused-ring (bicyclic) bond motifs is 1. The zero-order chi connectivity index (χ0) is 21.6. The molecule has 0 radical (unpaired) electrons. The van der Waals surface area contributed by atoms with Crippen LogP contribution >= 0.6 is 11.6 Å². The summed E-state index contributed by atoms with van der Waals surface area (Å²) in [6.45, 7) is 1.87. The van der Waals surface area contributed by atoms with Crippen molar-refractivity contribution in [3.05, 3.63) is 80.0 Å². The highest BCUT2D eigenvalue weighted by Crippen LogP contribution is 2.34. The highest BCUT2D eigenvalue weighted by Gasteiger charge is 2.33. The lowest BCUT2D eigenvalue weighted by molar-refractivity contribution is -0.384. The molecule has 0 spiro atoms. The van der Waals surface area contributed by atoms with Gasteiger partial charge in [-0.3, -0.25) is 14.9 Å². The summed E-state index contributed by atoms with van der Waals surface area (Å²) in [7, 11) is -3.35. The Labute approximate surface area is 176 Å². The fraction of sp³-hybridized carbons (Fsp3) is 0.158. The highest BCUT2D eigenvalue weighted by molar-refractivity contribution is 7.90. The minimum atomic E-state index is -3.35. The van der Waals surface area contributed by atoms with E-state index >= 15 is 0 Å². The Morgan fingerprint density at radius 2 is 1.97 bits per heavy atom. The molecule has 0 fully saturated rings. The van der Waals surface area contributed by atoms with Crippen molar-refractivity contribution >= 4 is 38.9 Å². The molecule has 3 aromatic rings. The van der Waals surface area contributed by atoms with Crippen LogP contribution in [0.1, 0.15) is 27.2 Å². The Hall–Kier alpha value is -3.24. The quantitative estimate of drug-likeness (QED) is 0.483. The van der Waals surface area contributed by atoms with Crippen LogP contribution in [0.3, 0.4) is 0 Å². The van der Waals surface area contributed by atoms with Gasteiger partial charge in [0.1, 0.15) is 10.8 Å². The number of rotatable bonds is 4. The van der Waals surface area contributed by atoms with Crippen molar-refractivity contribution < 1.29 is 18.1 Å². The lowest BCUT2D eigenvalue weighted by Gasteiger charge is -2.13. The van der Waals surface area contributed by atoms with E-state index in [2.05, 4.69) is 10.4 Å². The number of halogens is 1. The second-order valence-electron chi connectivity index (χ2n) is 6.88. The van der Waals surface area contributed by atoms with E-state index in [0.29, 0.717) is 16.9 Å². The van der Waals surface area contributed by atoms with Crippen molar-refractivity contribution in [1.29, 1.82) is 0 Å². The molecule has 0 unspecified atom stereocenters. The summed E-state index contributed by atoms with van der Waals surface area (Å²) in [5.41, 5.74) is 1.95. The standard InChI is InChI=1S/C19H15ClN4O5S/c1-11-4-2-3-5-16(11)23-18(13-9-30(28,29)10-15(13)22-23)21-19(25)12-6-7-14(20)17(8-12)24(26)27/h2-8H,9-10H2,1H3,(H,21,25). The summed E-state index contributed by atoms with van der Waals surface area (Å²) in [4.78, 5) is 23.3. The molecule has 1 aromatic heterocycles. The zero-order valence-electron chi connectivity index (χ0n) is 15.6. The van der Waals surface area contributed by atoms with Crippen LogP contribution in [0.2, 0.25) is 5.02 Å². The van der Waals surface area contributed by atoms with Crippen molar-refractivity contribution in [3.8, 4) is 5.69 Å². The molecule has 0 saturated heterocycles. The van der Waals surface area contributed by atoms with Gasteiger partial charge in [0.2, 0.25) is 0 Å². The Morgan fingerprint density at radius 1 is 1.23 bits per heavy atom. The number of sulfone groups is 1. The van der Waals surface area contributed by atoms with E-state index < -0.39 is 26.4 Å². The van der Waals surface area contributed by atoms with Crippen molar-refractivity contribution in [2.75, 3.05) is 5.32 Å². The normalized spacial score (nSPS) is 14.3. The summed E-state index contributed by atoms with van der Waals surface area (Å²) < 4.78 is 25.7. The van der Waals surface area contributed by atoms with E-state index in [1.54, 1.807) is 12.1 Å². The molecule has 1 N–H and O–H groups in total. The summed E-state index contributed by atoms with van der Waals surface area (Å²) in [5.74, 6) is -0.874. The monoisotopic (exact) mass is 446 g/mol. The van der Waals surface area contributed by atoms with Gasteiger partial charge in [0, 0.05) is 17.2 Å². The fourth-order valence-electron chi connectivity index (χ4n) is 3.32. The zero-order valence-corrected chi connectivity index (χ0v) is 17.2. The van der Waals surface area contributed by atoms with E-state index in [4.69, 9.17) is 11.6 Å². The predicted molar refractivity (Wildman–Crippen MR) is 111 cm³/mol. The van der Waals surface area contributed by atoms with Crippen LogP contribution in [0, 0.1) is 17.0 Å². The van der Waals surface area contributed by atoms with E-state index in [1.165, 1.54) is 16.8 Å². The van der Waals surface area contributed by atoms with E-state index in [1.807, 2.05) is 19.1 Å². The third kappa shape index (κ3) is 3.55. The van der Waals surface area contributed by atoms with Crippen LogP contribution < -0.4 is 5.32 Å². The number of anilines is 1. The third-order valence-corrected chi connectivity index (χ3v) is 6.53. The van der Waals surface area contributed by atoms with Gasteiger partial charge in [0.15, 0.2) is 9.84 Å². The van der Waals surface area contributed by atoms with Crippen LogP contribution in [-0.2, 0) is 21.3 Å². The number of hydrogen-bond acceptors (Lipinski definition) is 6. The maximum atomic E-state index is 12.9. The lowest BCUT2D eigenvalue weighted by Crippen LogP contribution is -2.17. The van der Waals surface area contributed by atoms with Gasteiger partial charge in [-0.05, 0) is 30.7 Å². The first-order chi connectivity index (χ1) is 14.2. The molecule has 0 aliphatic carbocycles. The van der Waals surface area contributed by atoms with Crippen LogP contribution in [-0.4, -0.2) is 29.0 Å². The van der Waals surface area contributed by atoms with Gasteiger partial charge < -0.3 is 5.32 Å². The maximum absolute atomic E-state index is 12.9. The van der Waals surface area contributed by atoms with Crippen LogP contribution in [0.25, 0.3) is 5.69 Å². The van der Waals surface area contributed by atoms with Gasteiger partial charge in [0.25, 0.3) is 11.6 Å². The minimum Gasteiger partial charge on any atom is -0.306 e. The van der Waals surface area contributed by atoms with Crippen molar-refractivity contribution in [2.24, 2.45) is 0 Å². The Balaban J connectivity index is 1.79. The molecule has 2 aromatic carbocycles. The molecule has 2 heterocycles. The van der Waals surface area contributed by atoms with Crippen molar-refractivity contribution in [2.45, 2.75) is 18.4 Å². The Morgan fingerprint density at radius 3 is 2.67 bits per heavy atom. The van der Waals surface area contributed by atoms with Crippen LogP contribution in [0.4, 0.5) is 11.5 Å². The van der Waals surface area contributed by atoms with Crippen molar-refractivity contribution in [1.82, 2.24) is 9.78 Å². The molecule has 0 bridgehead atoms. The van der Waals surface area contributed by atoms with E-state index in [9.17, 15) is 23.3 Å². The molecule has 4 rings (SSSR count). The average molecular weight is 447 g/mol. The number of carbonyl (C=O) groups excluding carboxylic acids is 1. The van der Waals surface area contributed by atoms with Gasteiger partial charge in [0.05, 0.1) is 27.8 Å². The number of carbonyl (C=O) groups is 1. The number of aryl methyl sites for hydroxylation is 1. The van der Waals surface area contributed by atoms with Gasteiger partial charge in [-0.2, -0.15) is 5.10 Å². The van der Waals surface area contributed by atoms with Gasteiger partial charge in [-0.15, -0.1) is 0 Å². The predicted octanol–water partition coefficient (Wildman–Crippen LogP) is 3.42. The first kappa shape index (κ1) is 20.0. The minimum absolute atomic E-state index is 0.0123. The molecule has 154 valence electrons. The number of nitro groups is 1. The van der Waals surface area contributed by atoms with Gasteiger partial charge in [-0.25, -0.2) is 13.1 Å². The SMILES string of the molecule is Cc1ccccc1-n1nc2c(c1NC(=O)c1ccc(Cl)c([N+](=O)[O-])c1)CS(=O)(=O)C2. The number of para-hydroxylation sites is 1. The average Bonchev–Trinajstić information content (AvgIpc) is 3.14. The number of hydrogen-bond donors (Lipinski definition) is 1. The smallest absolute Gasteiger partial charge is 0.288 e. The van der Waals surface area contributed by atoms with Gasteiger partial charge in [-0.1, -0.05) is 29.8 Å². The number of benzene rings is 2. The first-order valence-corrected chi connectivity index (χ1v) is 11.0. The number of nitrogens with one attached hydrogen (secondary N) is 1. The number of aromatic nitrogens is 2. The molecular weight excluding hydrogens is 432 g/mol. The lowest BCUT2D eigenvalue weighted by atomic mass is 10.1. The van der Waals surface area contributed by atoms with Crippen LogP contribution in [0.15, 0.2) is 42.5 Å². The Bertz CT molecular complexity index is 1320. The molecule has 1 aliphatic heterocycles.